The van der Waals surface area contributed by atoms with Crippen LogP contribution in [0.5, 0.6) is 11.5 Å². The molecule has 2 amide bonds. The van der Waals surface area contributed by atoms with Crippen LogP contribution in [0.1, 0.15) is 23.6 Å². The predicted octanol–water partition coefficient (Wildman–Crippen LogP) is 3.67. The molecule has 2 aromatic rings. The highest BCUT2D eigenvalue weighted by atomic mass is 19.4. The molecule has 1 saturated heterocycles. The molecule has 0 aliphatic carbocycles. The molecule has 8 nitrogen and oxygen atoms in total. The summed E-state index contributed by atoms with van der Waals surface area (Å²) >= 11 is 0. The molecule has 0 spiro atoms. The minimum Gasteiger partial charge on any atom is -0.496 e. The molecule has 1 heterocycles. The molecular formula is C21H19F3N2O6. The minimum absolute atomic E-state index is 0.0464. The number of oxime groups is 1. The normalized spacial score (nSPS) is 16.4. The summed E-state index contributed by atoms with van der Waals surface area (Å²) in [4.78, 5) is 27.7. The van der Waals surface area contributed by atoms with E-state index in [1.54, 1.807) is 31.2 Å². The molecule has 2 aromatic carbocycles. The van der Waals surface area contributed by atoms with Crippen LogP contribution in [-0.2, 0) is 27.2 Å². The smallest absolute Gasteiger partial charge is 0.419 e. The van der Waals surface area contributed by atoms with Crippen LogP contribution in [-0.4, -0.2) is 37.5 Å². The number of amides is 2. The summed E-state index contributed by atoms with van der Waals surface area (Å²) < 4.78 is 53.8. The van der Waals surface area contributed by atoms with Crippen LogP contribution in [0, 0.1) is 0 Å². The first-order chi connectivity index (χ1) is 15.2. The Kier molecular flexibility index (Phi) is 6.86. The van der Waals surface area contributed by atoms with Gasteiger partial charge in [-0.05, 0) is 54.4 Å². The fourth-order valence-electron chi connectivity index (χ4n) is 2.78. The van der Waals surface area contributed by atoms with E-state index >= 15 is 0 Å². The van der Waals surface area contributed by atoms with Crippen LogP contribution in [0.3, 0.4) is 0 Å². The van der Waals surface area contributed by atoms with Crippen molar-refractivity contribution in [3.8, 4) is 11.5 Å². The molecule has 1 aliphatic rings. The number of methoxy groups -OCH3 is 1. The van der Waals surface area contributed by atoms with Crippen LogP contribution < -0.4 is 14.8 Å². The van der Waals surface area contributed by atoms with Gasteiger partial charge in [-0.1, -0.05) is 11.2 Å². The van der Waals surface area contributed by atoms with Gasteiger partial charge in [-0.25, -0.2) is 4.79 Å². The summed E-state index contributed by atoms with van der Waals surface area (Å²) in [5.74, 6) is -0.396. The molecule has 11 heteroatoms. The molecule has 0 aromatic heterocycles. The van der Waals surface area contributed by atoms with Crippen molar-refractivity contribution >= 4 is 17.7 Å². The van der Waals surface area contributed by atoms with Crippen molar-refractivity contribution in [2.24, 2.45) is 5.16 Å². The van der Waals surface area contributed by atoms with Gasteiger partial charge in [0.1, 0.15) is 24.7 Å². The van der Waals surface area contributed by atoms with Gasteiger partial charge < -0.3 is 19.0 Å². The summed E-state index contributed by atoms with van der Waals surface area (Å²) in [7, 11) is 1.17. The monoisotopic (exact) mass is 452 g/mol. The molecule has 1 N–H and O–H groups in total. The number of alkyl carbamates (subject to hydrolysis) is 1. The number of cyclic esters (lactones) is 1. The van der Waals surface area contributed by atoms with Crippen LogP contribution in [0.4, 0.5) is 18.0 Å². The molecule has 170 valence electrons. The minimum atomic E-state index is -4.51. The lowest BCUT2D eigenvalue weighted by atomic mass is 10.1. The van der Waals surface area contributed by atoms with Crippen LogP contribution in [0.2, 0.25) is 0 Å². The molecule has 3 rings (SSSR count). The maximum absolute atomic E-state index is 12.9. The first-order valence-corrected chi connectivity index (χ1v) is 9.32. The van der Waals surface area contributed by atoms with Crippen LogP contribution >= 0.6 is 0 Å². The lowest BCUT2D eigenvalue weighted by molar-refractivity contribution is -0.138. The quantitative estimate of drug-likeness (QED) is 0.485. The van der Waals surface area contributed by atoms with E-state index in [1.807, 2.05) is 5.32 Å². The number of hydrogen-bond donors (Lipinski definition) is 1. The Labute approximate surface area is 180 Å². The Balaban J connectivity index is 1.55. The Hall–Kier alpha value is -3.76. The Morgan fingerprint density at radius 3 is 2.47 bits per heavy atom. The third-order valence-corrected chi connectivity index (χ3v) is 4.44. The van der Waals surface area contributed by atoms with Gasteiger partial charge in [-0.15, -0.1) is 0 Å². The Bertz CT molecular complexity index is 1020. The van der Waals surface area contributed by atoms with E-state index in [0.717, 1.165) is 6.07 Å². The fraction of sp³-hybridized carbons (Fsp3) is 0.286. The average Bonchev–Trinajstić information content (AvgIpc) is 3.08. The third-order valence-electron chi connectivity index (χ3n) is 4.44. The molecule has 32 heavy (non-hydrogen) atoms. The van der Waals surface area contributed by atoms with E-state index in [0.29, 0.717) is 22.6 Å². The Morgan fingerprint density at radius 2 is 1.88 bits per heavy atom. The second kappa shape index (κ2) is 9.58. The van der Waals surface area contributed by atoms with Crippen molar-refractivity contribution in [3.05, 3.63) is 59.2 Å². The van der Waals surface area contributed by atoms with E-state index in [2.05, 4.69) is 5.16 Å². The third kappa shape index (κ3) is 5.68. The first kappa shape index (κ1) is 22.9. The number of halogens is 3. The molecule has 1 unspecified atom stereocenters. The van der Waals surface area contributed by atoms with E-state index in [9.17, 15) is 22.8 Å². The number of imide groups is 1. The summed E-state index contributed by atoms with van der Waals surface area (Å²) in [5.41, 5.74) is 0.844. The fourth-order valence-corrected chi connectivity index (χ4v) is 2.78. The number of alkyl halides is 3. The largest absolute Gasteiger partial charge is 0.496 e. The zero-order valence-corrected chi connectivity index (χ0v) is 17.1. The van der Waals surface area contributed by atoms with Gasteiger partial charge >= 0.3 is 12.3 Å². The van der Waals surface area contributed by atoms with E-state index in [4.69, 9.17) is 19.0 Å². The van der Waals surface area contributed by atoms with E-state index < -0.39 is 29.8 Å². The lowest BCUT2D eigenvalue weighted by Crippen LogP contribution is -2.29. The van der Waals surface area contributed by atoms with Gasteiger partial charge in [-0.3, -0.25) is 10.1 Å². The highest BCUT2D eigenvalue weighted by molar-refractivity contribution is 6.00. The maximum Gasteiger partial charge on any atom is 0.419 e. The van der Waals surface area contributed by atoms with Gasteiger partial charge in [0.05, 0.1) is 18.4 Å². The van der Waals surface area contributed by atoms with Gasteiger partial charge in [0.2, 0.25) is 6.10 Å². The number of benzene rings is 2. The van der Waals surface area contributed by atoms with Crippen molar-refractivity contribution < 1.29 is 41.8 Å². The maximum atomic E-state index is 12.9. The SMILES string of the molecule is COc1cc(CO/N=C(\C)c2ccc(OCC3OC(=O)NC3=O)cc2)ccc1C(F)(F)F. The average molecular weight is 452 g/mol. The number of ether oxygens (including phenoxy) is 3. The molecule has 1 atom stereocenters. The summed E-state index contributed by atoms with van der Waals surface area (Å²) in [6.45, 7) is 1.53. The van der Waals surface area contributed by atoms with Gasteiger partial charge in [0, 0.05) is 0 Å². The summed E-state index contributed by atoms with van der Waals surface area (Å²) in [6.07, 6.45) is -6.31. The molecule has 0 saturated carbocycles. The van der Waals surface area contributed by atoms with Crippen molar-refractivity contribution in [2.75, 3.05) is 13.7 Å². The highest BCUT2D eigenvalue weighted by Crippen LogP contribution is 2.36. The number of nitrogens with zero attached hydrogens (tertiary/aromatic N) is 1. The summed E-state index contributed by atoms with van der Waals surface area (Å²) in [5, 5.41) is 5.98. The van der Waals surface area contributed by atoms with E-state index in [1.165, 1.54) is 19.2 Å². The topological polar surface area (TPSA) is 95.4 Å². The predicted molar refractivity (Wildman–Crippen MR) is 105 cm³/mol. The second-order valence-corrected chi connectivity index (χ2v) is 6.70. The molecular weight excluding hydrogens is 433 g/mol. The molecule has 1 fully saturated rings. The van der Waals surface area contributed by atoms with Crippen molar-refractivity contribution in [1.82, 2.24) is 5.32 Å². The Morgan fingerprint density at radius 1 is 1.16 bits per heavy atom. The van der Waals surface area contributed by atoms with Gasteiger partial charge in [0.25, 0.3) is 5.91 Å². The second-order valence-electron chi connectivity index (χ2n) is 6.70. The number of carbonyl (C=O) groups excluding carboxylic acids is 2. The highest BCUT2D eigenvalue weighted by Gasteiger charge is 2.34. The number of rotatable bonds is 8. The van der Waals surface area contributed by atoms with E-state index in [-0.39, 0.29) is 19.0 Å². The standard InChI is InChI=1S/C21H19F3N2O6/c1-12(26-31-10-13-3-8-16(21(22,23)24)17(9-13)29-2)14-4-6-15(7-5-14)30-11-18-19(27)25-20(28)32-18/h3-9,18H,10-11H2,1-2H3,(H,25,27,28)/b26-12+. The number of nitrogens with one attached hydrogen (secondary N) is 1. The molecule has 0 radical (unpaired) electrons. The van der Waals surface area contributed by atoms with Crippen molar-refractivity contribution in [1.29, 1.82) is 0 Å². The van der Waals surface area contributed by atoms with Crippen molar-refractivity contribution in [3.63, 3.8) is 0 Å². The summed E-state index contributed by atoms with van der Waals surface area (Å²) in [6, 6.07) is 10.2. The van der Waals surface area contributed by atoms with Crippen LogP contribution in [0.15, 0.2) is 47.6 Å². The molecule has 0 bridgehead atoms. The number of carbonyl (C=O) groups is 2. The van der Waals surface area contributed by atoms with Crippen molar-refractivity contribution in [2.45, 2.75) is 25.8 Å². The lowest BCUT2D eigenvalue weighted by Gasteiger charge is -2.13. The van der Waals surface area contributed by atoms with Gasteiger partial charge in [-0.2, -0.15) is 13.2 Å². The van der Waals surface area contributed by atoms with Gasteiger partial charge in [0.15, 0.2) is 0 Å². The molecule has 1 aliphatic heterocycles. The van der Waals surface area contributed by atoms with Crippen LogP contribution in [0.25, 0.3) is 0 Å². The zero-order chi connectivity index (χ0) is 23.3. The first-order valence-electron chi connectivity index (χ1n) is 9.32. The zero-order valence-electron chi connectivity index (χ0n) is 17.1. The number of hydrogen-bond acceptors (Lipinski definition) is 7.